The maximum Gasteiger partial charge on any atom is 0.335 e. The molecule has 2 N–H and O–H groups in total. The Kier molecular flexibility index (Phi) is 3.69. The second kappa shape index (κ2) is 5.69. The summed E-state index contributed by atoms with van der Waals surface area (Å²) in [5.41, 5.74) is 1.79. The highest BCUT2D eigenvalue weighted by molar-refractivity contribution is 6.13. The molecule has 2 aromatic rings. The van der Waals surface area contributed by atoms with Gasteiger partial charge in [-0.2, -0.15) is 0 Å². The molecule has 1 aromatic heterocycles. The number of aryl methyl sites for hydroxylation is 1. The van der Waals surface area contributed by atoms with E-state index in [-0.39, 0.29) is 11.3 Å². The second-order valence-electron chi connectivity index (χ2n) is 5.39. The van der Waals surface area contributed by atoms with Crippen molar-refractivity contribution in [3.05, 3.63) is 52.9 Å². The summed E-state index contributed by atoms with van der Waals surface area (Å²) in [4.78, 5) is 35.3. The molecular formula is C17H14N2O5. The Hall–Kier alpha value is -3.35. The Morgan fingerprint density at radius 1 is 1.25 bits per heavy atom. The van der Waals surface area contributed by atoms with Crippen LogP contribution in [-0.2, 0) is 4.79 Å². The number of imide groups is 1. The van der Waals surface area contributed by atoms with Crippen LogP contribution in [0.2, 0.25) is 0 Å². The predicted octanol–water partition coefficient (Wildman–Crippen LogP) is 2.48. The minimum Gasteiger partial charge on any atom is -0.478 e. The molecule has 1 saturated heterocycles. The van der Waals surface area contributed by atoms with Crippen LogP contribution in [-0.4, -0.2) is 35.0 Å². The molecule has 3 amide bonds. The second-order valence-corrected chi connectivity index (χ2v) is 5.39. The molecule has 7 heteroatoms. The normalized spacial score (nSPS) is 15.9. The van der Waals surface area contributed by atoms with E-state index in [4.69, 9.17) is 9.52 Å². The van der Waals surface area contributed by atoms with Crippen molar-refractivity contribution in [3.63, 3.8) is 0 Å². The zero-order valence-electron chi connectivity index (χ0n) is 13.0. The average molecular weight is 326 g/mol. The molecular weight excluding hydrogens is 312 g/mol. The molecule has 0 bridgehead atoms. The first-order valence-electron chi connectivity index (χ1n) is 7.11. The molecule has 0 unspecified atom stereocenters. The molecule has 1 aliphatic rings. The van der Waals surface area contributed by atoms with Gasteiger partial charge < -0.3 is 14.8 Å². The van der Waals surface area contributed by atoms with Crippen molar-refractivity contribution in [3.8, 4) is 11.3 Å². The van der Waals surface area contributed by atoms with E-state index in [1.807, 2.05) is 6.92 Å². The molecule has 1 aromatic carbocycles. The number of urea groups is 1. The number of nitrogens with zero attached hydrogens (tertiary/aromatic N) is 1. The number of carboxylic acid groups (broad SMARTS) is 1. The number of hydrogen-bond acceptors (Lipinski definition) is 4. The van der Waals surface area contributed by atoms with Crippen molar-refractivity contribution in [2.24, 2.45) is 0 Å². The summed E-state index contributed by atoms with van der Waals surface area (Å²) in [7, 11) is 1.38. The van der Waals surface area contributed by atoms with E-state index in [2.05, 4.69) is 5.32 Å². The minimum atomic E-state index is -1.02. The molecule has 1 aliphatic heterocycles. The molecule has 0 radical (unpaired) electrons. The molecule has 2 heterocycles. The van der Waals surface area contributed by atoms with Gasteiger partial charge in [-0.3, -0.25) is 9.69 Å². The average Bonchev–Trinajstić information content (AvgIpc) is 3.09. The standard InChI is InChI=1S/C17H14N2O5/c1-9-3-4-10(16(21)22)7-12(9)14-6-5-11(24-14)8-13-15(20)19(2)17(23)18-13/h3-8H,1-2H3,(H,18,23)(H,21,22)/b13-8+. The van der Waals surface area contributed by atoms with Gasteiger partial charge in [0, 0.05) is 18.7 Å². The lowest BCUT2D eigenvalue weighted by atomic mass is 10.0. The summed E-state index contributed by atoms with van der Waals surface area (Å²) >= 11 is 0. The van der Waals surface area contributed by atoms with Crippen molar-refractivity contribution in [1.29, 1.82) is 0 Å². The third kappa shape index (κ3) is 2.67. The molecule has 0 spiro atoms. The van der Waals surface area contributed by atoms with Gasteiger partial charge in [0.15, 0.2) is 0 Å². The number of rotatable bonds is 3. The van der Waals surface area contributed by atoms with E-state index < -0.39 is 17.9 Å². The number of carboxylic acids is 1. The number of carbonyl (C=O) groups excluding carboxylic acids is 2. The summed E-state index contributed by atoms with van der Waals surface area (Å²) in [5.74, 6) is -0.605. The highest BCUT2D eigenvalue weighted by atomic mass is 16.4. The number of likely N-dealkylation sites (N-methyl/N-ethyl adjacent to an activating group) is 1. The number of nitrogens with one attached hydrogen (secondary N) is 1. The number of aromatic carboxylic acids is 1. The molecule has 122 valence electrons. The van der Waals surface area contributed by atoms with Crippen LogP contribution in [0.3, 0.4) is 0 Å². The molecule has 0 saturated carbocycles. The third-order valence-corrected chi connectivity index (χ3v) is 3.74. The van der Waals surface area contributed by atoms with E-state index in [0.717, 1.165) is 10.5 Å². The van der Waals surface area contributed by atoms with Gasteiger partial charge in [-0.1, -0.05) is 6.07 Å². The van der Waals surface area contributed by atoms with E-state index in [0.29, 0.717) is 17.1 Å². The lowest BCUT2D eigenvalue weighted by Gasteiger charge is -2.04. The van der Waals surface area contributed by atoms with Gasteiger partial charge in [0.2, 0.25) is 0 Å². The first-order valence-corrected chi connectivity index (χ1v) is 7.11. The maximum absolute atomic E-state index is 11.8. The largest absolute Gasteiger partial charge is 0.478 e. The van der Waals surface area contributed by atoms with Crippen LogP contribution in [0.1, 0.15) is 21.7 Å². The predicted molar refractivity (Wildman–Crippen MR) is 85.1 cm³/mol. The van der Waals surface area contributed by atoms with Crippen molar-refractivity contribution in [1.82, 2.24) is 10.2 Å². The number of hydrogen-bond donors (Lipinski definition) is 2. The van der Waals surface area contributed by atoms with Crippen LogP contribution < -0.4 is 5.32 Å². The highest BCUT2D eigenvalue weighted by Gasteiger charge is 2.30. The zero-order valence-corrected chi connectivity index (χ0v) is 13.0. The summed E-state index contributed by atoms with van der Waals surface area (Å²) < 4.78 is 5.67. The minimum absolute atomic E-state index is 0.124. The molecule has 1 fully saturated rings. The Bertz CT molecular complexity index is 894. The lowest BCUT2D eigenvalue weighted by molar-refractivity contribution is -0.121. The Balaban J connectivity index is 1.95. The first kappa shape index (κ1) is 15.5. The number of amides is 3. The van der Waals surface area contributed by atoms with Crippen LogP contribution in [0.25, 0.3) is 17.4 Å². The smallest absolute Gasteiger partial charge is 0.335 e. The van der Waals surface area contributed by atoms with Gasteiger partial charge in [-0.15, -0.1) is 0 Å². The van der Waals surface area contributed by atoms with Gasteiger partial charge in [-0.05, 0) is 36.8 Å². The fourth-order valence-electron chi connectivity index (χ4n) is 2.36. The van der Waals surface area contributed by atoms with E-state index in [1.165, 1.54) is 25.3 Å². The van der Waals surface area contributed by atoms with Crippen LogP contribution in [0.15, 0.2) is 40.4 Å². The fourth-order valence-corrected chi connectivity index (χ4v) is 2.36. The lowest BCUT2D eigenvalue weighted by Crippen LogP contribution is -2.25. The van der Waals surface area contributed by atoms with Crippen LogP contribution in [0.4, 0.5) is 4.79 Å². The van der Waals surface area contributed by atoms with Gasteiger partial charge in [0.05, 0.1) is 5.56 Å². The van der Waals surface area contributed by atoms with Crippen LogP contribution >= 0.6 is 0 Å². The van der Waals surface area contributed by atoms with Gasteiger partial charge in [0.25, 0.3) is 5.91 Å². The first-order chi connectivity index (χ1) is 11.4. The quantitative estimate of drug-likeness (QED) is 0.667. The molecule has 3 rings (SSSR count). The molecule has 7 nitrogen and oxygen atoms in total. The zero-order chi connectivity index (χ0) is 17.4. The Morgan fingerprint density at radius 3 is 2.62 bits per heavy atom. The van der Waals surface area contributed by atoms with Crippen molar-refractivity contribution in [2.45, 2.75) is 6.92 Å². The van der Waals surface area contributed by atoms with Crippen LogP contribution in [0.5, 0.6) is 0 Å². The summed E-state index contributed by atoms with van der Waals surface area (Å²) in [6, 6.07) is 7.59. The van der Waals surface area contributed by atoms with Crippen molar-refractivity contribution < 1.29 is 23.9 Å². The third-order valence-electron chi connectivity index (χ3n) is 3.74. The number of carbonyl (C=O) groups is 3. The molecule has 0 atom stereocenters. The molecule has 0 aliphatic carbocycles. The van der Waals surface area contributed by atoms with E-state index in [1.54, 1.807) is 18.2 Å². The highest BCUT2D eigenvalue weighted by Crippen LogP contribution is 2.28. The Labute approximate surface area is 137 Å². The summed E-state index contributed by atoms with van der Waals surface area (Å²) in [6.07, 6.45) is 1.43. The topological polar surface area (TPSA) is 99.9 Å². The van der Waals surface area contributed by atoms with Gasteiger partial charge in [0.1, 0.15) is 17.2 Å². The summed E-state index contributed by atoms with van der Waals surface area (Å²) in [5, 5.41) is 11.5. The molecule has 24 heavy (non-hydrogen) atoms. The number of furan rings is 1. The van der Waals surface area contributed by atoms with E-state index >= 15 is 0 Å². The van der Waals surface area contributed by atoms with Crippen molar-refractivity contribution in [2.75, 3.05) is 7.05 Å². The SMILES string of the molecule is Cc1ccc(C(=O)O)cc1-c1ccc(/C=C2/NC(=O)N(C)C2=O)o1. The Morgan fingerprint density at radius 2 is 2.00 bits per heavy atom. The number of benzene rings is 1. The maximum atomic E-state index is 11.8. The van der Waals surface area contributed by atoms with Gasteiger partial charge >= 0.3 is 12.0 Å². The van der Waals surface area contributed by atoms with Crippen molar-refractivity contribution >= 4 is 24.0 Å². The summed E-state index contributed by atoms with van der Waals surface area (Å²) in [6.45, 7) is 1.84. The van der Waals surface area contributed by atoms with Crippen LogP contribution in [0, 0.1) is 6.92 Å². The van der Waals surface area contributed by atoms with E-state index in [9.17, 15) is 14.4 Å². The van der Waals surface area contributed by atoms with Gasteiger partial charge in [-0.25, -0.2) is 9.59 Å². The fraction of sp³-hybridized carbons (Fsp3) is 0.118. The monoisotopic (exact) mass is 326 g/mol.